The van der Waals surface area contributed by atoms with Crippen molar-refractivity contribution in [2.75, 3.05) is 13.7 Å². The maximum absolute atomic E-state index is 11.9. The van der Waals surface area contributed by atoms with Gasteiger partial charge in [-0.05, 0) is 23.8 Å². The Balaban J connectivity index is 0.00000363. The number of thiocarbonyl (C=S) groups is 1. The second kappa shape index (κ2) is 11.0. The maximum atomic E-state index is 11.9. The lowest BCUT2D eigenvalue weighted by Gasteiger charge is -2.42. The van der Waals surface area contributed by atoms with Crippen molar-refractivity contribution in [3.05, 3.63) is 28.7 Å². The Bertz CT molecular complexity index is 913. The summed E-state index contributed by atoms with van der Waals surface area (Å²) in [6, 6.07) is 3.77. The van der Waals surface area contributed by atoms with Crippen LogP contribution in [0.4, 0.5) is 0 Å². The van der Waals surface area contributed by atoms with E-state index in [-0.39, 0.29) is 17.8 Å². The SMILES string of the molecule is COc1cc(C=C2SC(=S)NC2=O)ccc1O[C@@H]1O[C@H](CO)[C@@H](O)[C@H](O)[C@H]1NC(C)=O.N. The van der Waals surface area contributed by atoms with Crippen LogP contribution in [0, 0.1) is 0 Å². The van der Waals surface area contributed by atoms with E-state index < -0.39 is 43.2 Å². The van der Waals surface area contributed by atoms with Gasteiger partial charge in [0.1, 0.15) is 28.7 Å². The first-order valence-corrected chi connectivity index (χ1v) is 10.4. The van der Waals surface area contributed by atoms with Crippen molar-refractivity contribution < 1.29 is 39.1 Å². The van der Waals surface area contributed by atoms with Gasteiger partial charge < -0.3 is 46.3 Å². The number of aliphatic hydroxyl groups is 3. The van der Waals surface area contributed by atoms with Crippen molar-refractivity contribution in [2.45, 2.75) is 37.6 Å². The number of nitrogens with one attached hydrogen (secondary N) is 2. The lowest BCUT2D eigenvalue weighted by molar-refractivity contribution is -0.244. The van der Waals surface area contributed by atoms with Crippen LogP contribution in [-0.2, 0) is 14.3 Å². The van der Waals surface area contributed by atoms with E-state index >= 15 is 0 Å². The zero-order chi connectivity index (χ0) is 22.7. The lowest BCUT2D eigenvalue weighted by Crippen LogP contribution is -2.65. The number of hydrogen-bond acceptors (Lipinski definition) is 11. The Morgan fingerprint density at radius 3 is 2.62 bits per heavy atom. The number of aliphatic hydroxyl groups excluding tert-OH is 3. The van der Waals surface area contributed by atoms with E-state index in [2.05, 4.69) is 10.6 Å². The fraction of sp³-hybridized carbons (Fsp3) is 0.421. The molecule has 2 saturated heterocycles. The standard InChI is InChI=1S/C19H22N2O8S2.H3N/c1-8(23)20-14-16(25)15(24)12(7-22)29-18(14)28-10-4-3-9(5-11(10)27-2)6-13-17(26)21-19(30)31-13;/h3-6,12,14-16,18,22,24-25H,7H2,1-2H3,(H,20,23)(H,21,26,30);1H3/t12-,14-,15-,16-,18-;/m1./s1. The van der Waals surface area contributed by atoms with Gasteiger partial charge in [0, 0.05) is 6.92 Å². The number of amides is 2. The Hall–Kier alpha value is -2.26. The molecule has 32 heavy (non-hydrogen) atoms. The highest BCUT2D eigenvalue weighted by Gasteiger charge is 2.46. The predicted octanol–water partition coefficient (Wildman–Crippen LogP) is -0.331. The van der Waals surface area contributed by atoms with Crippen LogP contribution in [0.1, 0.15) is 12.5 Å². The van der Waals surface area contributed by atoms with E-state index in [1.807, 2.05) is 0 Å². The number of thioether (sulfide) groups is 1. The van der Waals surface area contributed by atoms with Crippen molar-refractivity contribution in [3.8, 4) is 11.5 Å². The Labute approximate surface area is 193 Å². The summed E-state index contributed by atoms with van der Waals surface area (Å²) < 4.78 is 17.1. The summed E-state index contributed by atoms with van der Waals surface area (Å²) in [4.78, 5) is 23.8. The lowest BCUT2D eigenvalue weighted by atomic mass is 9.97. The Kier molecular flexibility index (Phi) is 8.98. The smallest absolute Gasteiger partial charge is 0.263 e. The van der Waals surface area contributed by atoms with Crippen LogP contribution >= 0.6 is 24.0 Å². The Morgan fingerprint density at radius 1 is 1.34 bits per heavy atom. The molecular weight excluding hydrogens is 462 g/mol. The van der Waals surface area contributed by atoms with Gasteiger partial charge in [-0.2, -0.15) is 0 Å². The minimum absolute atomic E-state index is 0. The third-order valence-corrected chi connectivity index (χ3v) is 5.78. The zero-order valence-corrected chi connectivity index (χ0v) is 18.9. The van der Waals surface area contributed by atoms with Crippen LogP contribution in [0.5, 0.6) is 11.5 Å². The van der Waals surface area contributed by atoms with Crippen LogP contribution in [0.25, 0.3) is 6.08 Å². The van der Waals surface area contributed by atoms with E-state index in [0.29, 0.717) is 20.5 Å². The molecule has 0 saturated carbocycles. The molecule has 11 nitrogen and oxygen atoms in total. The first-order valence-electron chi connectivity index (χ1n) is 9.22. The van der Waals surface area contributed by atoms with Crippen molar-refractivity contribution in [3.63, 3.8) is 0 Å². The van der Waals surface area contributed by atoms with Crippen molar-refractivity contribution >= 4 is 46.2 Å². The van der Waals surface area contributed by atoms with Gasteiger partial charge in [0.15, 0.2) is 11.5 Å². The van der Waals surface area contributed by atoms with Crippen molar-refractivity contribution in [1.29, 1.82) is 0 Å². The highest BCUT2D eigenvalue weighted by atomic mass is 32.2. The molecule has 0 aromatic heterocycles. The molecule has 0 bridgehead atoms. The molecule has 8 N–H and O–H groups in total. The number of rotatable bonds is 6. The number of hydrogen-bond donors (Lipinski definition) is 6. The average Bonchev–Trinajstić information content (AvgIpc) is 3.04. The topological polar surface area (TPSA) is 182 Å². The molecule has 2 fully saturated rings. The van der Waals surface area contributed by atoms with Crippen molar-refractivity contribution in [2.24, 2.45) is 0 Å². The maximum Gasteiger partial charge on any atom is 0.263 e. The second-order valence-corrected chi connectivity index (χ2v) is 8.53. The van der Waals surface area contributed by atoms with Crippen LogP contribution in [0.3, 0.4) is 0 Å². The normalized spacial score (nSPS) is 28.7. The molecule has 0 unspecified atom stereocenters. The number of ether oxygens (including phenoxy) is 3. The van der Waals surface area contributed by atoms with Gasteiger partial charge in [-0.3, -0.25) is 9.59 Å². The summed E-state index contributed by atoms with van der Waals surface area (Å²) in [6.45, 7) is 0.691. The van der Waals surface area contributed by atoms with Gasteiger partial charge >= 0.3 is 0 Å². The van der Waals surface area contributed by atoms with Crippen molar-refractivity contribution in [1.82, 2.24) is 16.8 Å². The molecular formula is C19H25N3O8S2. The third kappa shape index (κ3) is 5.75. The van der Waals surface area contributed by atoms with Gasteiger partial charge in [-0.1, -0.05) is 30.0 Å². The minimum Gasteiger partial charge on any atom is -0.493 e. The molecule has 2 amide bonds. The first-order chi connectivity index (χ1) is 14.7. The average molecular weight is 488 g/mol. The van der Waals surface area contributed by atoms with Gasteiger partial charge in [-0.25, -0.2) is 0 Å². The fourth-order valence-electron chi connectivity index (χ4n) is 3.14. The number of carbonyl (C=O) groups excluding carboxylic acids is 2. The summed E-state index contributed by atoms with van der Waals surface area (Å²) in [5, 5.41) is 34.9. The molecule has 0 radical (unpaired) electrons. The van der Waals surface area contributed by atoms with Crippen LogP contribution < -0.4 is 26.3 Å². The first kappa shape index (κ1) is 26.0. The van der Waals surface area contributed by atoms with E-state index in [1.54, 1.807) is 24.3 Å². The largest absolute Gasteiger partial charge is 0.493 e. The summed E-state index contributed by atoms with van der Waals surface area (Å²) in [5.41, 5.74) is 0.651. The Morgan fingerprint density at radius 2 is 2.06 bits per heavy atom. The van der Waals surface area contributed by atoms with E-state index in [4.69, 9.17) is 26.4 Å². The van der Waals surface area contributed by atoms with E-state index in [9.17, 15) is 24.9 Å². The molecule has 1 aromatic rings. The van der Waals surface area contributed by atoms with Gasteiger partial charge in [-0.15, -0.1) is 0 Å². The quantitative estimate of drug-likeness (QED) is 0.228. The molecule has 0 aliphatic carbocycles. The van der Waals surface area contributed by atoms with Gasteiger partial charge in [0.2, 0.25) is 12.2 Å². The minimum atomic E-state index is -1.43. The molecule has 2 heterocycles. The van der Waals surface area contributed by atoms with E-state index in [0.717, 1.165) is 11.8 Å². The summed E-state index contributed by atoms with van der Waals surface area (Å²) in [7, 11) is 1.42. The fourth-order valence-corrected chi connectivity index (χ4v) is 4.18. The highest BCUT2D eigenvalue weighted by molar-refractivity contribution is 8.26. The zero-order valence-electron chi connectivity index (χ0n) is 17.3. The van der Waals surface area contributed by atoms with Crippen LogP contribution in [0.15, 0.2) is 23.1 Å². The highest BCUT2D eigenvalue weighted by Crippen LogP contribution is 2.34. The van der Waals surface area contributed by atoms with Crippen LogP contribution in [-0.4, -0.2) is 75.8 Å². The van der Waals surface area contributed by atoms with E-state index in [1.165, 1.54) is 14.0 Å². The number of benzene rings is 1. The predicted molar refractivity (Wildman–Crippen MR) is 120 cm³/mol. The molecule has 2 aliphatic heterocycles. The summed E-state index contributed by atoms with van der Waals surface area (Å²) in [6.07, 6.45) is -3.53. The van der Waals surface area contributed by atoms with Crippen LogP contribution in [0.2, 0.25) is 0 Å². The molecule has 3 rings (SSSR count). The third-order valence-electron chi connectivity index (χ3n) is 4.62. The molecule has 2 aliphatic rings. The molecule has 176 valence electrons. The van der Waals surface area contributed by atoms with Gasteiger partial charge in [0.25, 0.3) is 5.91 Å². The van der Waals surface area contributed by atoms with Gasteiger partial charge in [0.05, 0.1) is 18.6 Å². The molecule has 13 heteroatoms. The number of methoxy groups -OCH3 is 1. The molecule has 1 aromatic carbocycles. The number of carbonyl (C=O) groups is 2. The molecule has 0 spiro atoms. The second-order valence-electron chi connectivity index (χ2n) is 6.81. The summed E-state index contributed by atoms with van der Waals surface area (Å²) >= 11 is 6.12. The molecule has 5 atom stereocenters. The monoisotopic (exact) mass is 487 g/mol. The summed E-state index contributed by atoms with van der Waals surface area (Å²) in [5.74, 6) is -0.225.